The lowest BCUT2D eigenvalue weighted by atomic mass is 10.1. The normalized spacial score (nSPS) is 21.3. The van der Waals surface area contributed by atoms with E-state index in [0.29, 0.717) is 6.04 Å². The Morgan fingerprint density at radius 1 is 1.53 bits per heavy atom. The van der Waals surface area contributed by atoms with Gasteiger partial charge in [0.15, 0.2) is 0 Å². The molecule has 19 heavy (non-hydrogen) atoms. The maximum Gasteiger partial charge on any atom is 0.320 e. The molecular formula is C13H25N3O3. The van der Waals surface area contributed by atoms with Crippen LogP contribution < -0.4 is 5.73 Å². The second-order valence-electron chi connectivity index (χ2n) is 5.36. The van der Waals surface area contributed by atoms with Crippen LogP contribution in [-0.4, -0.2) is 66.1 Å². The molecule has 0 aromatic heterocycles. The quantitative estimate of drug-likeness (QED) is 0.687. The molecule has 1 aliphatic rings. The summed E-state index contributed by atoms with van der Waals surface area (Å²) in [4.78, 5) is 26.4. The number of hydrogen-bond acceptors (Lipinski definition) is 4. The van der Waals surface area contributed by atoms with Crippen LogP contribution in [0, 0.1) is 0 Å². The minimum Gasteiger partial charge on any atom is -0.480 e. The highest BCUT2D eigenvalue weighted by Gasteiger charge is 2.22. The number of rotatable bonds is 7. The third kappa shape index (κ3) is 5.16. The summed E-state index contributed by atoms with van der Waals surface area (Å²) < 4.78 is 0. The van der Waals surface area contributed by atoms with Gasteiger partial charge in [-0.25, -0.2) is 0 Å². The molecule has 1 saturated heterocycles. The molecule has 110 valence electrons. The zero-order valence-electron chi connectivity index (χ0n) is 11.8. The number of aliphatic carboxylic acids is 1. The van der Waals surface area contributed by atoms with Crippen LogP contribution in [0.3, 0.4) is 0 Å². The van der Waals surface area contributed by atoms with Gasteiger partial charge in [0.05, 0.1) is 0 Å². The van der Waals surface area contributed by atoms with Gasteiger partial charge in [0.2, 0.25) is 5.91 Å². The summed E-state index contributed by atoms with van der Waals surface area (Å²) in [5, 5.41) is 8.65. The summed E-state index contributed by atoms with van der Waals surface area (Å²) in [7, 11) is 3.88. The molecular weight excluding hydrogens is 246 g/mol. The number of nitrogens with zero attached hydrogens (tertiary/aromatic N) is 2. The Morgan fingerprint density at radius 3 is 2.74 bits per heavy atom. The van der Waals surface area contributed by atoms with Crippen molar-refractivity contribution in [3.63, 3.8) is 0 Å². The molecule has 0 aromatic carbocycles. The van der Waals surface area contributed by atoms with Crippen LogP contribution >= 0.6 is 0 Å². The van der Waals surface area contributed by atoms with Crippen molar-refractivity contribution in [3.05, 3.63) is 0 Å². The molecule has 0 spiro atoms. The first-order valence-electron chi connectivity index (χ1n) is 6.84. The van der Waals surface area contributed by atoms with Crippen LogP contribution in [0.15, 0.2) is 0 Å². The Bertz CT molecular complexity index is 322. The highest BCUT2D eigenvalue weighted by atomic mass is 16.4. The number of carbonyl (C=O) groups is 2. The first-order valence-corrected chi connectivity index (χ1v) is 6.84. The Labute approximate surface area is 114 Å². The maximum atomic E-state index is 11.8. The summed E-state index contributed by atoms with van der Waals surface area (Å²) in [5.74, 6) is -1.08. The second kappa shape index (κ2) is 7.45. The zero-order valence-corrected chi connectivity index (χ0v) is 11.8. The lowest BCUT2D eigenvalue weighted by molar-refractivity contribution is -0.139. The van der Waals surface area contributed by atoms with E-state index in [1.165, 1.54) is 12.8 Å². The molecule has 0 radical (unpaired) electrons. The minimum absolute atomic E-state index is 0.0302. The van der Waals surface area contributed by atoms with Crippen molar-refractivity contribution in [1.29, 1.82) is 0 Å². The summed E-state index contributed by atoms with van der Waals surface area (Å²) in [6, 6.07) is -0.380. The van der Waals surface area contributed by atoms with Gasteiger partial charge in [-0.15, -0.1) is 0 Å². The van der Waals surface area contributed by atoms with Gasteiger partial charge >= 0.3 is 5.97 Å². The standard InChI is InChI=1S/C13H25N3O3/c1-15-8-3-4-10(15)7-9-16(2)12(17)6-5-11(14)13(18)19/h10-11H,3-9,14H2,1-2H3,(H,18,19). The highest BCUT2D eigenvalue weighted by molar-refractivity contribution is 5.78. The zero-order chi connectivity index (χ0) is 14.4. The predicted molar refractivity (Wildman–Crippen MR) is 72.8 cm³/mol. The molecule has 0 aliphatic carbocycles. The largest absolute Gasteiger partial charge is 0.480 e. The molecule has 0 aromatic rings. The van der Waals surface area contributed by atoms with Crippen molar-refractivity contribution in [2.24, 2.45) is 5.73 Å². The van der Waals surface area contributed by atoms with E-state index >= 15 is 0 Å². The monoisotopic (exact) mass is 271 g/mol. The summed E-state index contributed by atoms with van der Waals surface area (Å²) in [6.07, 6.45) is 3.80. The number of amides is 1. The molecule has 1 amide bonds. The van der Waals surface area contributed by atoms with Crippen molar-refractivity contribution >= 4 is 11.9 Å². The Morgan fingerprint density at radius 2 is 2.21 bits per heavy atom. The van der Waals surface area contributed by atoms with E-state index in [1.807, 2.05) is 0 Å². The molecule has 3 N–H and O–H groups in total. The van der Waals surface area contributed by atoms with E-state index in [2.05, 4.69) is 11.9 Å². The van der Waals surface area contributed by atoms with Crippen molar-refractivity contribution in [2.75, 3.05) is 27.2 Å². The van der Waals surface area contributed by atoms with Crippen LogP contribution in [0.1, 0.15) is 32.1 Å². The number of carbonyl (C=O) groups excluding carboxylic acids is 1. The van der Waals surface area contributed by atoms with Gasteiger partial charge in [-0.3, -0.25) is 9.59 Å². The van der Waals surface area contributed by atoms with Crippen LogP contribution in [0.2, 0.25) is 0 Å². The molecule has 6 heteroatoms. The van der Waals surface area contributed by atoms with E-state index in [-0.39, 0.29) is 18.7 Å². The third-order valence-electron chi connectivity index (χ3n) is 3.88. The topological polar surface area (TPSA) is 86.9 Å². The molecule has 6 nitrogen and oxygen atoms in total. The SMILES string of the molecule is CN(CCC1CCCN1C)C(=O)CCC(N)C(=O)O. The van der Waals surface area contributed by atoms with Crippen LogP contribution in [0.4, 0.5) is 0 Å². The Hall–Kier alpha value is -1.14. The fraction of sp³-hybridized carbons (Fsp3) is 0.846. The van der Waals surface area contributed by atoms with E-state index in [9.17, 15) is 9.59 Å². The van der Waals surface area contributed by atoms with Gasteiger partial charge in [0, 0.05) is 26.1 Å². The fourth-order valence-electron chi connectivity index (χ4n) is 2.40. The smallest absolute Gasteiger partial charge is 0.320 e. The lowest BCUT2D eigenvalue weighted by Crippen LogP contribution is -2.35. The molecule has 2 unspecified atom stereocenters. The average Bonchev–Trinajstić information content (AvgIpc) is 2.77. The molecule has 0 saturated carbocycles. The van der Waals surface area contributed by atoms with E-state index in [1.54, 1.807) is 11.9 Å². The van der Waals surface area contributed by atoms with E-state index in [4.69, 9.17) is 10.8 Å². The molecule has 1 rings (SSSR count). The predicted octanol–water partition coefficient (Wildman–Crippen LogP) is 0.121. The van der Waals surface area contributed by atoms with E-state index in [0.717, 1.165) is 19.5 Å². The number of hydrogen-bond donors (Lipinski definition) is 2. The summed E-state index contributed by atoms with van der Waals surface area (Å²) in [5.41, 5.74) is 5.38. The van der Waals surface area contributed by atoms with Gasteiger partial charge < -0.3 is 20.6 Å². The number of carboxylic acids is 1. The molecule has 1 fully saturated rings. The van der Waals surface area contributed by atoms with Gasteiger partial charge in [-0.2, -0.15) is 0 Å². The molecule has 1 heterocycles. The number of likely N-dealkylation sites (tertiary alicyclic amines) is 1. The van der Waals surface area contributed by atoms with Crippen LogP contribution in [0.25, 0.3) is 0 Å². The number of carboxylic acid groups (broad SMARTS) is 1. The van der Waals surface area contributed by atoms with Gasteiger partial charge in [0.25, 0.3) is 0 Å². The van der Waals surface area contributed by atoms with Crippen molar-refractivity contribution < 1.29 is 14.7 Å². The van der Waals surface area contributed by atoms with Crippen molar-refractivity contribution in [1.82, 2.24) is 9.80 Å². The van der Waals surface area contributed by atoms with Crippen LogP contribution in [-0.2, 0) is 9.59 Å². The highest BCUT2D eigenvalue weighted by Crippen LogP contribution is 2.18. The molecule has 2 atom stereocenters. The lowest BCUT2D eigenvalue weighted by Gasteiger charge is -2.23. The number of nitrogens with two attached hydrogens (primary N) is 1. The summed E-state index contributed by atoms with van der Waals surface area (Å²) >= 11 is 0. The fourth-order valence-corrected chi connectivity index (χ4v) is 2.40. The maximum absolute atomic E-state index is 11.8. The van der Waals surface area contributed by atoms with Crippen molar-refractivity contribution in [2.45, 2.75) is 44.2 Å². The summed E-state index contributed by atoms with van der Waals surface area (Å²) in [6.45, 7) is 1.85. The minimum atomic E-state index is -1.05. The van der Waals surface area contributed by atoms with E-state index < -0.39 is 12.0 Å². The van der Waals surface area contributed by atoms with Crippen molar-refractivity contribution in [3.8, 4) is 0 Å². The third-order valence-corrected chi connectivity index (χ3v) is 3.88. The van der Waals surface area contributed by atoms with Gasteiger partial charge in [0.1, 0.15) is 6.04 Å². The second-order valence-corrected chi connectivity index (χ2v) is 5.36. The Balaban J connectivity index is 2.23. The average molecular weight is 271 g/mol. The van der Waals surface area contributed by atoms with Gasteiger partial charge in [-0.1, -0.05) is 0 Å². The van der Waals surface area contributed by atoms with Gasteiger partial charge in [-0.05, 0) is 39.3 Å². The molecule has 1 aliphatic heterocycles. The van der Waals surface area contributed by atoms with Crippen LogP contribution in [0.5, 0.6) is 0 Å². The first kappa shape index (κ1) is 15.9. The first-order chi connectivity index (χ1) is 8.91. The molecule has 0 bridgehead atoms. The Kier molecular flexibility index (Phi) is 6.24.